The largest absolute Gasteiger partial charge is 0.387 e. The summed E-state index contributed by atoms with van der Waals surface area (Å²) in [4.78, 5) is 16.0. The third-order valence-electron chi connectivity index (χ3n) is 2.78. The summed E-state index contributed by atoms with van der Waals surface area (Å²) >= 11 is 1.90. The molecule has 4 nitrogen and oxygen atoms in total. The van der Waals surface area contributed by atoms with Crippen molar-refractivity contribution in [3.63, 3.8) is 0 Å². The van der Waals surface area contributed by atoms with E-state index in [1.54, 1.807) is 12.3 Å². The lowest BCUT2D eigenvalue weighted by atomic mass is 10.2. The SMILES string of the molecule is CNc1ccc(C(=O)NC2CCCSC2)nc1. The second-order valence-corrected chi connectivity index (χ2v) is 5.22. The van der Waals surface area contributed by atoms with Crippen LogP contribution in [0.3, 0.4) is 0 Å². The molecule has 1 amide bonds. The lowest BCUT2D eigenvalue weighted by Crippen LogP contribution is -2.38. The van der Waals surface area contributed by atoms with Crippen molar-refractivity contribution in [2.75, 3.05) is 23.9 Å². The molecule has 2 heterocycles. The number of amides is 1. The Hall–Kier alpha value is -1.23. The van der Waals surface area contributed by atoms with Gasteiger partial charge in [-0.25, -0.2) is 4.98 Å². The Morgan fingerprint density at radius 3 is 3.00 bits per heavy atom. The smallest absolute Gasteiger partial charge is 0.270 e. The van der Waals surface area contributed by atoms with Gasteiger partial charge in [-0.05, 0) is 30.7 Å². The molecule has 2 N–H and O–H groups in total. The van der Waals surface area contributed by atoms with E-state index >= 15 is 0 Å². The van der Waals surface area contributed by atoms with Gasteiger partial charge in [-0.3, -0.25) is 4.79 Å². The molecular weight excluding hydrogens is 234 g/mol. The summed E-state index contributed by atoms with van der Waals surface area (Å²) in [6.07, 6.45) is 3.93. The minimum atomic E-state index is -0.0693. The van der Waals surface area contributed by atoms with Gasteiger partial charge in [-0.2, -0.15) is 11.8 Å². The van der Waals surface area contributed by atoms with Gasteiger partial charge in [0.05, 0.1) is 11.9 Å². The molecule has 1 atom stereocenters. The molecule has 0 aromatic carbocycles. The van der Waals surface area contributed by atoms with Gasteiger partial charge < -0.3 is 10.6 Å². The maximum atomic E-state index is 11.9. The first kappa shape index (κ1) is 12.2. The van der Waals surface area contributed by atoms with Crippen LogP contribution in [0.4, 0.5) is 5.69 Å². The highest BCUT2D eigenvalue weighted by Crippen LogP contribution is 2.17. The number of nitrogens with zero attached hydrogens (tertiary/aromatic N) is 1. The topological polar surface area (TPSA) is 54.0 Å². The van der Waals surface area contributed by atoms with E-state index in [9.17, 15) is 4.79 Å². The fourth-order valence-electron chi connectivity index (χ4n) is 1.79. The van der Waals surface area contributed by atoms with Crippen LogP contribution >= 0.6 is 11.8 Å². The molecule has 1 aromatic heterocycles. The molecule has 1 aliphatic heterocycles. The highest BCUT2D eigenvalue weighted by atomic mass is 32.2. The average Bonchev–Trinajstić information content (AvgIpc) is 2.40. The Labute approximate surface area is 106 Å². The van der Waals surface area contributed by atoms with Crippen LogP contribution < -0.4 is 10.6 Å². The van der Waals surface area contributed by atoms with Gasteiger partial charge in [0, 0.05) is 18.8 Å². The highest BCUT2D eigenvalue weighted by molar-refractivity contribution is 7.99. The summed E-state index contributed by atoms with van der Waals surface area (Å²) < 4.78 is 0. The number of pyridine rings is 1. The lowest BCUT2D eigenvalue weighted by molar-refractivity contribution is 0.0933. The van der Waals surface area contributed by atoms with Crippen molar-refractivity contribution >= 4 is 23.4 Å². The van der Waals surface area contributed by atoms with Gasteiger partial charge in [-0.15, -0.1) is 0 Å². The fourth-order valence-corrected chi connectivity index (χ4v) is 2.86. The number of anilines is 1. The van der Waals surface area contributed by atoms with Crippen molar-refractivity contribution < 1.29 is 4.79 Å². The fraction of sp³-hybridized carbons (Fsp3) is 0.500. The Balaban J connectivity index is 1.93. The molecule has 92 valence electrons. The van der Waals surface area contributed by atoms with Crippen molar-refractivity contribution in [2.24, 2.45) is 0 Å². The van der Waals surface area contributed by atoms with Crippen molar-refractivity contribution in [1.82, 2.24) is 10.3 Å². The van der Waals surface area contributed by atoms with Crippen LogP contribution in [0.15, 0.2) is 18.3 Å². The van der Waals surface area contributed by atoms with Gasteiger partial charge in [-0.1, -0.05) is 0 Å². The molecule has 0 saturated carbocycles. The Kier molecular flexibility index (Phi) is 4.25. The van der Waals surface area contributed by atoms with Crippen molar-refractivity contribution in [3.05, 3.63) is 24.0 Å². The lowest BCUT2D eigenvalue weighted by Gasteiger charge is -2.22. The van der Waals surface area contributed by atoms with E-state index in [1.165, 1.54) is 12.2 Å². The number of carbonyl (C=O) groups excluding carboxylic acids is 1. The van der Waals surface area contributed by atoms with E-state index in [1.807, 2.05) is 24.9 Å². The van der Waals surface area contributed by atoms with Crippen molar-refractivity contribution in [3.8, 4) is 0 Å². The van der Waals surface area contributed by atoms with Gasteiger partial charge in [0.1, 0.15) is 5.69 Å². The predicted octanol–water partition coefficient (Wildman–Crippen LogP) is 1.75. The molecule has 2 rings (SSSR count). The van der Waals surface area contributed by atoms with Crippen LogP contribution in [-0.2, 0) is 0 Å². The molecule has 1 fully saturated rings. The summed E-state index contributed by atoms with van der Waals surface area (Å²) in [5, 5.41) is 6.01. The van der Waals surface area contributed by atoms with E-state index in [2.05, 4.69) is 15.6 Å². The molecule has 1 saturated heterocycles. The zero-order chi connectivity index (χ0) is 12.1. The summed E-state index contributed by atoms with van der Waals surface area (Å²) in [5.41, 5.74) is 1.40. The first-order chi connectivity index (χ1) is 8.29. The van der Waals surface area contributed by atoms with Crippen LogP contribution in [0.2, 0.25) is 0 Å². The van der Waals surface area contributed by atoms with Crippen LogP contribution in [0.5, 0.6) is 0 Å². The number of hydrogen-bond acceptors (Lipinski definition) is 4. The van der Waals surface area contributed by atoms with E-state index < -0.39 is 0 Å². The zero-order valence-corrected chi connectivity index (χ0v) is 10.7. The minimum absolute atomic E-state index is 0.0693. The van der Waals surface area contributed by atoms with Crippen LogP contribution in [0.1, 0.15) is 23.3 Å². The molecule has 0 spiro atoms. The number of thioether (sulfide) groups is 1. The van der Waals surface area contributed by atoms with E-state index in [4.69, 9.17) is 0 Å². The van der Waals surface area contributed by atoms with Gasteiger partial charge in [0.25, 0.3) is 5.91 Å². The highest BCUT2D eigenvalue weighted by Gasteiger charge is 2.17. The van der Waals surface area contributed by atoms with Crippen LogP contribution in [-0.4, -0.2) is 35.5 Å². The summed E-state index contributed by atoms with van der Waals surface area (Å²) in [6.45, 7) is 0. The molecular formula is C12H17N3OS. The van der Waals surface area contributed by atoms with Gasteiger partial charge in [0.2, 0.25) is 0 Å². The quantitative estimate of drug-likeness (QED) is 0.859. The van der Waals surface area contributed by atoms with Gasteiger partial charge >= 0.3 is 0 Å². The summed E-state index contributed by atoms with van der Waals surface area (Å²) in [5.74, 6) is 2.15. The molecule has 1 aromatic rings. The molecule has 1 aliphatic rings. The zero-order valence-electron chi connectivity index (χ0n) is 9.90. The third kappa shape index (κ3) is 3.36. The maximum absolute atomic E-state index is 11.9. The number of hydrogen-bond donors (Lipinski definition) is 2. The molecule has 0 radical (unpaired) electrons. The van der Waals surface area contributed by atoms with E-state index in [0.717, 1.165) is 17.9 Å². The summed E-state index contributed by atoms with van der Waals surface area (Å²) in [6, 6.07) is 3.90. The third-order valence-corrected chi connectivity index (χ3v) is 4.00. The average molecular weight is 251 g/mol. The summed E-state index contributed by atoms with van der Waals surface area (Å²) in [7, 11) is 1.83. The number of nitrogens with one attached hydrogen (secondary N) is 2. The first-order valence-electron chi connectivity index (χ1n) is 5.82. The minimum Gasteiger partial charge on any atom is -0.387 e. The Morgan fingerprint density at radius 2 is 2.41 bits per heavy atom. The Morgan fingerprint density at radius 1 is 1.53 bits per heavy atom. The monoisotopic (exact) mass is 251 g/mol. The number of aromatic nitrogens is 1. The molecule has 5 heteroatoms. The normalized spacial score (nSPS) is 19.7. The predicted molar refractivity (Wildman–Crippen MR) is 71.6 cm³/mol. The van der Waals surface area contributed by atoms with Crippen molar-refractivity contribution in [2.45, 2.75) is 18.9 Å². The molecule has 0 bridgehead atoms. The second-order valence-electron chi connectivity index (χ2n) is 4.07. The van der Waals surface area contributed by atoms with Crippen LogP contribution in [0.25, 0.3) is 0 Å². The standard InChI is InChI=1S/C12H17N3OS/c1-13-9-4-5-11(14-7-9)12(16)15-10-3-2-6-17-8-10/h4-5,7,10,13H,2-3,6,8H2,1H3,(H,15,16). The van der Waals surface area contributed by atoms with E-state index in [-0.39, 0.29) is 5.91 Å². The maximum Gasteiger partial charge on any atom is 0.270 e. The number of rotatable bonds is 3. The second kappa shape index (κ2) is 5.91. The van der Waals surface area contributed by atoms with Gasteiger partial charge in [0.15, 0.2) is 0 Å². The van der Waals surface area contributed by atoms with Crippen molar-refractivity contribution in [1.29, 1.82) is 0 Å². The number of carbonyl (C=O) groups is 1. The molecule has 17 heavy (non-hydrogen) atoms. The van der Waals surface area contributed by atoms with E-state index in [0.29, 0.717) is 11.7 Å². The first-order valence-corrected chi connectivity index (χ1v) is 6.97. The Bertz CT molecular complexity index is 374. The van der Waals surface area contributed by atoms with Crippen LogP contribution in [0, 0.1) is 0 Å². The molecule has 0 aliphatic carbocycles. The molecule has 1 unspecified atom stereocenters.